The largest absolute Gasteiger partial charge is 0.444 e. The number of aromatic nitrogens is 4. The summed E-state index contributed by atoms with van der Waals surface area (Å²) < 4.78 is 5.67. The van der Waals surface area contributed by atoms with E-state index in [1.54, 1.807) is 0 Å². The molecule has 1 amide bonds. The third kappa shape index (κ3) is 5.34. The predicted molar refractivity (Wildman–Crippen MR) is 180 cm³/mol. The van der Waals surface area contributed by atoms with Gasteiger partial charge < -0.3 is 14.7 Å². The zero-order valence-corrected chi connectivity index (χ0v) is 26.2. The average Bonchev–Trinajstić information content (AvgIpc) is 3.84. The highest BCUT2D eigenvalue weighted by Crippen LogP contribution is 2.36. The fourth-order valence-electron chi connectivity index (χ4n) is 7.16. The molecule has 0 bridgehead atoms. The molecule has 6 aromatic rings. The molecule has 0 radical (unpaired) electrons. The van der Waals surface area contributed by atoms with Crippen molar-refractivity contribution >= 4 is 38.9 Å². The van der Waals surface area contributed by atoms with Crippen molar-refractivity contribution < 1.29 is 9.53 Å². The number of fused-ring (bicyclic) bond motifs is 3. The topological polar surface area (TPSA) is 86.9 Å². The van der Waals surface area contributed by atoms with Crippen molar-refractivity contribution in [2.45, 2.75) is 76.9 Å². The summed E-state index contributed by atoms with van der Waals surface area (Å²) in [5.41, 5.74) is 8.20. The number of imidazole rings is 2. The van der Waals surface area contributed by atoms with E-state index in [1.807, 2.05) is 25.7 Å². The number of nitrogens with zero attached hydrogens (tertiary/aromatic N) is 3. The van der Waals surface area contributed by atoms with Crippen molar-refractivity contribution in [2.75, 3.05) is 6.54 Å². The molecular formula is C38H39N5O2. The summed E-state index contributed by atoms with van der Waals surface area (Å²) in [5.74, 6) is 2.55. The van der Waals surface area contributed by atoms with Gasteiger partial charge in [-0.1, -0.05) is 49.2 Å². The van der Waals surface area contributed by atoms with Crippen LogP contribution in [-0.2, 0) is 4.74 Å². The van der Waals surface area contributed by atoms with E-state index in [0.29, 0.717) is 12.5 Å². The lowest BCUT2D eigenvalue weighted by Gasteiger charge is -2.27. The maximum absolute atomic E-state index is 12.9. The van der Waals surface area contributed by atoms with Crippen LogP contribution in [-0.4, -0.2) is 43.1 Å². The second-order valence-corrected chi connectivity index (χ2v) is 13.8. The molecule has 0 spiro atoms. The van der Waals surface area contributed by atoms with Crippen LogP contribution < -0.4 is 0 Å². The molecule has 3 heterocycles. The van der Waals surface area contributed by atoms with Crippen molar-refractivity contribution in [1.29, 1.82) is 0 Å². The number of nitrogens with one attached hydrogen (secondary N) is 2. The average molecular weight is 598 g/mol. The van der Waals surface area contributed by atoms with Crippen LogP contribution in [0.5, 0.6) is 0 Å². The highest BCUT2D eigenvalue weighted by Gasteiger charge is 2.35. The van der Waals surface area contributed by atoms with E-state index in [4.69, 9.17) is 14.7 Å². The van der Waals surface area contributed by atoms with Gasteiger partial charge in [0, 0.05) is 12.5 Å². The van der Waals surface area contributed by atoms with Crippen molar-refractivity contribution in [3.8, 4) is 22.3 Å². The highest BCUT2D eigenvalue weighted by atomic mass is 16.6. The van der Waals surface area contributed by atoms with Crippen molar-refractivity contribution in [3.05, 3.63) is 84.4 Å². The number of ether oxygens (including phenoxy) is 1. The summed E-state index contributed by atoms with van der Waals surface area (Å²) in [7, 11) is 0. The summed E-state index contributed by atoms with van der Waals surface area (Å²) in [4.78, 5) is 31.6. The van der Waals surface area contributed by atoms with Gasteiger partial charge in [0.1, 0.15) is 17.2 Å². The van der Waals surface area contributed by atoms with E-state index in [9.17, 15) is 4.79 Å². The zero-order chi connectivity index (χ0) is 30.7. The van der Waals surface area contributed by atoms with Crippen LogP contribution in [0.1, 0.15) is 82.9 Å². The molecule has 2 N–H and O–H groups in total. The van der Waals surface area contributed by atoms with Crippen LogP contribution in [0.25, 0.3) is 55.1 Å². The normalized spacial score (nSPS) is 17.7. The van der Waals surface area contributed by atoms with E-state index >= 15 is 0 Å². The zero-order valence-electron chi connectivity index (χ0n) is 26.2. The Bertz CT molecular complexity index is 2060. The van der Waals surface area contributed by atoms with E-state index in [1.165, 1.54) is 47.6 Å². The van der Waals surface area contributed by atoms with E-state index in [-0.39, 0.29) is 12.1 Å². The molecule has 4 aromatic carbocycles. The number of carbonyl (C=O) groups excluding carboxylic acids is 1. The Hall–Kier alpha value is -4.65. The number of amides is 1. The smallest absolute Gasteiger partial charge is 0.410 e. The molecule has 1 atom stereocenters. The Kier molecular flexibility index (Phi) is 6.66. The second-order valence-electron chi connectivity index (χ2n) is 13.8. The lowest BCUT2D eigenvalue weighted by atomic mass is 9.97. The first-order chi connectivity index (χ1) is 21.8. The Balaban J connectivity index is 1.04. The molecule has 1 aliphatic carbocycles. The second kappa shape index (κ2) is 10.8. The fourth-order valence-corrected chi connectivity index (χ4v) is 7.16. The van der Waals surface area contributed by atoms with Gasteiger partial charge in [0.15, 0.2) is 0 Å². The number of benzene rings is 4. The molecule has 2 aromatic heterocycles. The summed E-state index contributed by atoms with van der Waals surface area (Å²) in [6, 6.07) is 26.2. The maximum Gasteiger partial charge on any atom is 0.410 e. The first-order valence-electron chi connectivity index (χ1n) is 16.3. The van der Waals surface area contributed by atoms with Crippen LogP contribution in [0.4, 0.5) is 4.79 Å². The number of rotatable bonds is 4. The number of hydrogen-bond donors (Lipinski definition) is 2. The fraction of sp³-hybridized carbons (Fsp3) is 0.342. The Morgan fingerprint density at radius 3 is 1.84 bits per heavy atom. The van der Waals surface area contributed by atoms with Gasteiger partial charge in [0.25, 0.3) is 0 Å². The SMILES string of the molecule is CC(C)(C)OC(=O)N1CCC[C@H]1c1nc2ccc(-c3ccc4cc(-c5ccc6nc(C7CCCC7)[nH]c6c5)ccc4c3)cc2[nH]1. The van der Waals surface area contributed by atoms with Gasteiger partial charge in [-0.15, -0.1) is 0 Å². The minimum atomic E-state index is -0.526. The van der Waals surface area contributed by atoms with E-state index in [0.717, 1.165) is 57.7 Å². The van der Waals surface area contributed by atoms with Crippen LogP contribution in [0.3, 0.4) is 0 Å². The molecule has 0 unspecified atom stereocenters. The number of H-pyrrole nitrogens is 2. The van der Waals surface area contributed by atoms with E-state index in [2.05, 4.69) is 82.8 Å². The van der Waals surface area contributed by atoms with E-state index < -0.39 is 5.60 Å². The van der Waals surface area contributed by atoms with Crippen LogP contribution >= 0.6 is 0 Å². The Morgan fingerprint density at radius 1 is 0.711 bits per heavy atom. The summed E-state index contributed by atoms with van der Waals surface area (Å²) in [6.07, 6.45) is 6.62. The highest BCUT2D eigenvalue weighted by molar-refractivity contribution is 5.93. The molecule has 1 saturated heterocycles. The van der Waals surface area contributed by atoms with Crippen molar-refractivity contribution in [2.24, 2.45) is 0 Å². The van der Waals surface area contributed by atoms with Gasteiger partial charge >= 0.3 is 6.09 Å². The van der Waals surface area contributed by atoms with Gasteiger partial charge in [-0.2, -0.15) is 0 Å². The van der Waals surface area contributed by atoms with Crippen LogP contribution in [0, 0.1) is 0 Å². The van der Waals surface area contributed by atoms with Gasteiger partial charge in [-0.3, -0.25) is 4.90 Å². The standard InChI is InChI=1S/C38H39N5O2/c1-38(2,3)45-37(44)43-18-6-9-34(43)36-40-31-17-15-29(22-33(31)42-36)27-13-11-24-19-26(12-10-25(24)20-27)28-14-16-30-32(21-28)41-35(39-30)23-7-4-5-8-23/h10-17,19-23,34H,4-9,18H2,1-3H3,(H,39,41)(H,40,42)/t34-/m0/s1. The van der Waals surface area contributed by atoms with Gasteiger partial charge in [0.05, 0.1) is 28.1 Å². The first-order valence-corrected chi connectivity index (χ1v) is 16.3. The van der Waals surface area contributed by atoms with Crippen molar-refractivity contribution in [1.82, 2.24) is 24.8 Å². The molecule has 8 rings (SSSR count). The number of likely N-dealkylation sites (tertiary alicyclic amines) is 1. The third-order valence-electron chi connectivity index (χ3n) is 9.45. The quantitative estimate of drug-likeness (QED) is 0.212. The minimum absolute atomic E-state index is 0.103. The molecule has 45 heavy (non-hydrogen) atoms. The number of hydrogen-bond acceptors (Lipinski definition) is 4. The molecule has 2 fully saturated rings. The van der Waals surface area contributed by atoms with Gasteiger partial charge in [0.2, 0.25) is 0 Å². The number of carbonyl (C=O) groups is 1. The Labute approximate surface area is 263 Å². The van der Waals surface area contributed by atoms with Gasteiger partial charge in [-0.05, 0) is 116 Å². The molecule has 2 aliphatic rings. The third-order valence-corrected chi connectivity index (χ3v) is 9.45. The molecular weight excluding hydrogens is 558 g/mol. The van der Waals surface area contributed by atoms with Gasteiger partial charge in [-0.25, -0.2) is 14.8 Å². The van der Waals surface area contributed by atoms with Crippen LogP contribution in [0.15, 0.2) is 72.8 Å². The maximum atomic E-state index is 12.9. The lowest BCUT2D eigenvalue weighted by Crippen LogP contribution is -2.36. The molecule has 228 valence electrons. The molecule has 7 nitrogen and oxygen atoms in total. The molecule has 1 aliphatic heterocycles. The monoisotopic (exact) mass is 597 g/mol. The predicted octanol–water partition coefficient (Wildman–Crippen LogP) is 9.66. The summed E-state index contributed by atoms with van der Waals surface area (Å²) in [6.45, 7) is 6.38. The Morgan fingerprint density at radius 2 is 1.24 bits per heavy atom. The van der Waals surface area contributed by atoms with Crippen molar-refractivity contribution in [3.63, 3.8) is 0 Å². The molecule has 1 saturated carbocycles. The first kappa shape index (κ1) is 27.9. The summed E-state index contributed by atoms with van der Waals surface area (Å²) in [5, 5.41) is 2.41. The number of aromatic amines is 2. The summed E-state index contributed by atoms with van der Waals surface area (Å²) >= 11 is 0. The van der Waals surface area contributed by atoms with Crippen LogP contribution in [0.2, 0.25) is 0 Å². The molecule has 7 heteroatoms. The lowest BCUT2D eigenvalue weighted by molar-refractivity contribution is 0.0219. The minimum Gasteiger partial charge on any atom is -0.444 e.